The van der Waals surface area contributed by atoms with Crippen LogP contribution in [0.4, 0.5) is 0 Å². The van der Waals surface area contributed by atoms with E-state index in [1.165, 1.54) is 17.4 Å². The van der Waals surface area contributed by atoms with E-state index in [-0.39, 0.29) is 12.5 Å². The van der Waals surface area contributed by atoms with Crippen LogP contribution in [-0.2, 0) is 4.79 Å². The molecule has 0 saturated carbocycles. The largest absolute Gasteiger partial charge is 0.550 e. The van der Waals surface area contributed by atoms with E-state index in [0.717, 1.165) is 0 Å². The molecule has 2 heterocycles. The standard InChI is InChI=1S/C11H13NO4/c13-10(9-3-5-16-7-9)12-4-1-2-8(6-12)11(14)15/h3,5,7-8H,1-2,4,6H2,(H,14,15)/p-1/t8-/m1/s1. The average Bonchev–Trinajstić information content (AvgIpc) is 2.81. The van der Waals surface area contributed by atoms with Crippen LogP contribution >= 0.6 is 0 Å². The summed E-state index contributed by atoms with van der Waals surface area (Å²) in [6.45, 7) is 0.820. The van der Waals surface area contributed by atoms with Crippen LogP contribution in [0.5, 0.6) is 0 Å². The van der Waals surface area contributed by atoms with Gasteiger partial charge in [0.1, 0.15) is 6.26 Å². The van der Waals surface area contributed by atoms with Crippen LogP contribution in [0.1, 0.15) is 23.2 Å². The van der Waals surface area contributed by atoms with Crippen molar-refractivity contribution in [1.29, 1.82) is 0 Å². The van der Waals surface area contributed by atoms with Gasteiger partial charge >= 0.3 is 0 Å². The molecule has 0 unspecified atom stereocenters. The monoisotopic (exact) mass is 222 g/mol. The predicted octanol–water partition coefficient (Wildman–Crippen LogP) is -0.118. The molecule has 2 rings (SSSR count). The Bertz CT molecular complexity index is 385. The van der Waals surface area contributed by atoms with Gasteiger partial charge in [0.15, 0.2) is 0 Å². The zero-order valence-electron chi connectivity index (χ0n) is 8.72. The van der Waals surface area contributed by atoms with E-state index >= 15 is 0 Å². The minimum atomic E-state index is -1.08. The van der Waals surface area contributed by atoms with Gasteiger partial charge in [-0.05, 0) is 18.9 Å². The molecule has 0 radical (unpaired) electrons. The number of amides is 1. The lowest BCUT2D eigenvalue weighted by molar-refractivity contribution is -0.312. The lowest BCUT2D eigenvalue weighted by atomic mass is 9.98. The van der Waals surface area contributed by atoms with E-state index < -0.39 is 11.9 Å². The topological polar surface area (TPSA) is 73.6 Å². The summed E-state index contributed by atoms with van der Waals surface area (Å²) >= 11 is 0. The summed E-state index contributed by atoms with van der Waals surface area (Å²) in [7, 11) is 0. The Hall–Kier alpha value is -1.78. The van der Waals surface area contributed by atoms with Crippen molar-refractivity contribution in [3.63, 3.8) is 0 Å². The molecule has 1 aromatic heterocycles. The molecule has 16 heavy (non-hydrogen) atoms. The molecule has 86 valence electrons. The highest BCUT2D eigenvalue weighted by Crippen LogP contribution is 2.18. The van der Waals surface area contributed by atoms with E-state index in [1.54, 1.807) is 6.07 Å². The number of piperidine rings is 1. The third kappa shape index (κ3) is 2.08. The molecule has 1 amide bonds. The number of hydrogen-bond acceptors (Lipinski definition) is 4. The van der Waals surface area contributed by atoms with Crippen molar-refractivity contribution < 1.29 is 19.1 Å². The molecule has 0 N–H and O–H groups in total. The quantitative estimate of drug-likeness (QED) is 0.699. The lowest BCUT2D eigenvalue weighted by Crippen LogP contribution is -2.46. The first-order chi connectivity index (χ1) is 7.68. The molecule has 1 atom stereocenters. The number of carbonyl (C=O) groups is 2. The number of rotatable bonds is 2. The first kappa shape index (κ1) is 10.7. The van der Waals surface area contributed by atoms with Crippen LogP contribution in [-0.4, -0.2) is 29.9 Å². The van der Waals surface area contributed by atoms with E-state index in [1.807, 2.05) is 0 Å². The summed E-state index contributed by atoms with van der Waals surface area (Å²) < 4.78 is 4.82. The first-order valence-electron chi connectivity index (χ1n) is 5.21. The highest BCUT2D eigenvalue weighted by molar-refractivity contribution is 5.94. The van der Waals surface area contributed by atoms with Gasteiger partial charge < -0.3 is 19.2 Å². The number of carbonyl (C=O) groups excluding carboxylic acids is 2. The SMILES string of the molecule is O=C([O-])[C@@H]1CCCN(C(=O)c2ccoc2)C1. The summed E-state index contributed by atoms with van der Waals surface area (Å²) in [6.07, 6.45) is 4.07. The van der Waals surface area contributed by atoms with Crippen LogP contribution in [0, 0.1) is 5.92 Å². The molecule has 1 saturated heterocycles. The highest BCUT2D eigenvalue weighted by atomic mass is 16.4. The van der Waals surface area contributed by atoms with Gasteiger partial charge in [-0.2, -0.15) is 0 Å². The van der Waals surface area contributed by atoms with Gasteiger partial charge in [-0.25, -0.2) is 0 Å². The van der Waals surface area contributed by atoms with E-state index in [0.29, 0.717) is 24.9 Å². The summed E-state index contributed by atoms with van der Waals surface area (Å²) in [4.78, 5) is 24.2. The summed E-state index contributed by atoms with van der Waals surface area (Å²) in [5, 5.41) is 10.7. The summed E-state index contributed by atoms with van der Waals surface area (Å²) in [5.41, 5.74) is 0.457. The average molecular weight is 222 g/mol. The molecule has 5 nitrogen and oxygen atoms in total. The third-order valence-electron chi connectivity index (χ3n) is 2.81. The zero-order chi connectivity index (χ0) is 11.5. The summed E-state index contributed by atoms with van der Waals surface area (Å²) in [6, 6.07) is 1.57. The van der Waals surface area contributed by atoms with Crippen LogP contribution < -0.4 is 5.11 Å². The van der Waals surface area contributed by atoms with Gasteiger partial charge in [0.05, 0.1) is 11.8 Å². The highest BCUT2D eigenvalue weighted by Gasteiger charge is 2.25. The molecule has 1 aliphatic rings. The van der Waals surface area contributed by atoms with Crippen molar-refractivity contribution in [2.45, 2.75) is 12.8 Å². The van der Waals surface area contributed by atoms with Crippen molar-refractivity contribution in [3.05, 3.63) is 24.2 Å². The zero-order valence-corrected chi connectivity index (χ0v) is 8.72. The van der Waals surface area contributed by atoms with E-state index in [2.05, 4.69) is 0 Å². The van der Waals surface area contributed by atoms with Crippen LogP contribution in [0.3, 0.4) is 0 Å². The van der Waals surface area contributed by atoms with Gasteiger partial charge in [-0.3, -0.25) is 4.79 Å². The Balaban J connectivity index is 2.05. The second-order valence-electron chi connectivity index (χ2n) is 3.92. The minimum absolute atomic E-state index is 0.181. The smallest absolute Gasteiger partial charge is 0.257 e. The second-order valence-corrected chi connectivity index (χ2v) is 3.92. The minimum Gasteiger partial charge on any atom is -0.550 e. The Morgan fingerprint density at radius 1 is 1.50 bits per heavy atom. The van der Waals surface area contributed by atoms with Crippen molar-refractivity contribution in [3.8, 4) is 0 Å². The van der Waals surface area contributed by atoms with Crippen molar-refractivity contribution in [1.82, 2.24) is 4.90 Å². The first-order valence-corrected chi connectivity index (χ1v) is 5.21. The number of nitrogens with zero attached hydrogens (tertiary/aromatic N) is 1. The van der Waals surface area contributed by atoms with Gasteiger partial charge in [-0.1, -0.05) is 0 Å². The van der Waals surface area contributed by atoms with Crippen LogP contribution in [0.15, 0.2) is 23.0 Å². The molecular weight excluding hydrogens is 210 g/mol. The molecule has 0 aliphatic carbocycles. The molecule has 0 bridgehead atoms. The second kappa shape index (κ2) is 4.38. The fourth-order valence-corrected chi connectivity index (χ4v) is 1.92. The fraction of sp³-hybridized carbons (Fsp3) is 0.455. The Kier molecular flexibility index (Phi) is 2.94. The number of carboxylic acid groups (broad SMARTS) is 1. The van der Waals surface area contributed by atoms with Crippen molar-refractivity contribution >= 4 is 11.9 Å². The normalized spacial score (nSPS) is 20.8. The molecular formula is C11H12NO4-. The van der Waals surface area contributed by atoms with Crippen molar-refractivity contribution in [2.24, 2.45) is 5.92 Å². The Morgan fingerprint density at radius 2 is 2.31 bits per heavy atom. The lowest BCUT2D eigenvalue weighted by Gasteiger charge is -2.32. The molecule has 1 aliphatic heterocycles. The molecule has 0 aromatic carbocycles. The number of carboxylic acids is 1. The van der Waals surface area contributed by atoms with E-state index in [4.69, 9.17) is 4.42 Å². The third-order valence-corrected chi connectivity index (χ3v) is 2.81. The number of likely N-dealkylation sites (tertiary alicyclic amines) is 1. The van der Waals surface area contributed by atoms with E-state index in [9.17, 15) is 14.7 Å². The number of furan rings is 1. The maximum atomic E-state index is 11.9. The Morgan fingerprint density at radius 3 is 2.94 bits per heavy atom. The van der Waals surface area contributed by atoms with Gasteiger partial charge in [0.25, 0.3) is 5.91 Å². The fourth-order valence-electron chi connectivity index (χ4n) is 1.92. The van der Waals surface area contributed by atoms with Gasteiger partial charge in [0.2, 0.25) is 0 Å². The number of hydrogen-bond donors (Lipinski definition) is 0. The van der Waals surface area contributed by atoms with Gasteiger partial charge in [-0.15, -0.1) is 0 Å². The maximum absolute atomic E-state index is 11.9. The Labute approximate surface area is 92.7 Å². The van der Waals surface area contributed by atoms with Crippen molar-refractivity contribution in [2.75, 3.05) is 13.1 Å². The van der Waals surface area contributed by atoms with Crippen LogP contribution in [0.25, 0.3) is 0 Å². The maximum Gasteiger partial charge on any atom is 0.257 e. The molecule has 5 heteroatoms. The summed E-state index contributed by atoms with van der Waals surface area (Å²) in [5.74, 6) is -1.81. The molecule has 0 spiro atoms. The van der Waals surface area contributed by atoms with Gasteiger partial charge in [0, 0.05) is 25.0 Å². The molecule has 1 aromatic rings. The van der Waals surface area contributed by atoms with Crippen LogP contribution in [0.2, 0.25) is 0 Å². The predicted molar refractivity (Wildman–Crippen MR) is 52.3 cm³/mol. The number of aliphatic carboxylic acids is 1. The molecule has 1 fully saturated rings.